The Kier molecular flexibility index (Phi) is 4.46. The van der Waals surface area contributed by atoms with Gasteiger partial charge in [0, 0.05) is 19.7 Å². The maximum absolute atomic E-state index is 12.4. The van der Waals surface area contributed by atoms with Crippen molar-refractivity contribution in [2.75, 3.05) is 26.3 Å². The van der Waals surface area contributed by atoms with Crippen LogP contribution in [-0.4, -0.2) is 50.1 Å². The molecule has 2 rings (SSSR count). The Morgan fingerprint density at radius 2 is 2.25 bits per heavy atom. The number of hydrogen-bond donors (Lipinski definition) is 1. The van der Waals surface area contributed by atoms with E-state index in [0.29, 0.717) is 26.3 Å². The molecule has 1 atom stereocenters. The molecule has 8 heteroatoms. The summed E-state index contributed by atoms with van der Waals surface area (Å²) in [5.41, 5.74) is 0. The number of carboxylic acids is 1. The maximum Gasteiger partial charge on any atom is 0.371 e. The second-order valence-electron chi connectivity index (χ2n) is 4.61. The zero-order valence-electron chi connectivity index (χ0n) is 11.1. The van der Waals surface area contributed by atoms with E-state index in [-0.39, 0.29) is 16.8 Å². The highest BCUT2D eigenvalue weighted by Gasteiger charge is 2.30. The third kappa shape index (κ3) is 3.02. The average molecular weight is 303 g/mol. The topological polar surface area (TPSA) is 97.0 Å². The summed E-state index contributed by atoms with van der Waals surface area (Å²) in [6, 6.07) is 2.31. The van der Waals surface area contributed by atoms with Crippen LogP contribution in [0.4, 0.5) is 0 Å². The van der Waals surface area contributed by atoms with Gasteiger partial charge in [-0.2, -0.15) is 4.31 Å². The van der Waals surface area contributed by atoms with E-state index in [0.717, 1.165) is 12.5 Å². The molecule has 0 saturated carbocycles. The molecule has 0 spiro atoms. The summed E-state index contributed by atoms with van der Waals surface area (Å²) in [6.45, 7) is 3.56. The van der Waals surface area contributed by atoms with Crippen molar-refractivity contribution in [3.05, 3.63) is 17.9 Å². The second kappa shape index (κ2) is 5.94. The lowest BCUT2D eigenvalue weighted by Gasteiger charge is -2.21. The van der Waals surface area contributed by atoms with Crippen molar-refractivity contribution in [1.29, 1.82) is 0 Å². The van der Waals surface area contributed by atoms with Gasteiger partial charge >= 0.3 is 5.97 Å². The van der Waals surface area contributed by atoms with E-state index in [1.165, 1.54) is 10.4 Å². The van der Waals surface area contributed by atoms with Gasteiger partial charge in [0.05, 0.1) is 6.61 Å². The molecule has 1 aromatic rings. The standard InChI is InChI=1S/C12H17NO6S/c1-2-13(7-9-5-6-18-8-9)20(16,17)11-4-3-10(19-11)12(14)15/h3-4,9H,2,5-8H2,1H3,(H,14,15). The van der Waals surface area contributed by atoms with Crippen LogP contribution in [0.5, 0.6) is 0 Å². The number of aromatic carboxylic acids is 1. The minimum Gasteiger partial charge on any atom is -0.475 e. The highest BCUT2D eigenvalue weighted by Crippen LogP contribution is 2.22. The van der Waals surface area contributed by atoms with Crippen LogP contribution in [0.1, 0.15) is 23.9 Å². The van der Waals surface area contributed by atoms with Gasteiger partial charge in [-0.15, -0.1) is 0 Å². The number of nitrogens with zero attached hydrogens (tertiary/aromatic N) is 1. The van der Waals surface area contributed by atoms with Crippen molar-refractivity contribution >= 4 is 16.0 Å². The van der Waals surface area contributed by atoms with Gasteiger partial charge in [-0.05, 0) is 24.5 Å². The lowest BCUT2D eigenvalue weighted by Crippen LogP contribution is -2.35. The molecule has 1 unspecified atom stereocenters. The van der Waals surface area contributed by atoms with E-state index < -0.39 is 16.0 Å². The Morgan fingerprint density at radius 3 is 2.75 bits per heavy atom. The largest absolute Gasteiger partial charge is 0.475 e. The highest BCUT2D eigenvalue weighted by atomic mass is 32.2. The van der Waals surface area contributed by atoms with E-state index in [9.17, 15) is 13.2 Å². The Morgan fingerprint density at radius 1 is 1.50 bits per heavy atom. The van der Waals surface area contributed by atoms with E-state index in [1.54, 1.807) is 6.92 Å². The summed E-state index contributed by atoms with van der Waals surface area (Å²) < 4.78 is 36.2. The van der Waals surface area contributed by atoms with Crippen LogP contribution >= 0.6 is 0 Å². The van der Waals surface area contributed by atoms with E-state index in [2.05, 4.69) is 0 Å². The van der Waals surface area contributed by atoms with Crippen LogP contribution in [0, 0.1) is 5.92 Å². The third-order valence-corrected chi connectivity index (χ3v) is 5.04. The van der Waals surface area contributed by atoms with Crippen LogP contribution in [0.25, 0.3) is 0 Å². The molecule has 1 aromatic heterocycles. The molecule has 1 fully saturated rings. The van der Waals surface area contributed by atoms with Crippen LogP contribution in [0.15, 0.2) is 21.6 Å². The molecule has 1 aliphatic heterocycles. The Bertz CT molecular complexity index is 573. The van der Waals surface area contributed by atoms with E-state index in [1.807, 2.05) is 0 Å². The number of ether oxygens (including phenoxy) is 1. The normalized spacial score (nSPS) is 19.6. The van der Waals surface area contributed by atoms with Gasteiger partial charge in [0.2, 0.25) is 10.9 Å². The predicted octanol–water partition coefficient (Wildman–Crippen LogP) is 1.02. The number of sulfonamides is 1. The molecule has 0 radical (unpaired) electrons. The molecule has 0 aliphatic carbocycles. The maximum atomic E-state index is 12.4. The molecule has 112 valence electrons. The van der Waals surface area contributed by atoms with Crippen molar-refractivity contribution in [3.8, 4) is 0 Å². The molecular weight excluding hydrogens is 286 g/mol. The molecule has 0 aromatic carbocycles. The molecule has 1 N–H and O–H groups in total. The zero-order chi connectivity index (χ0) is 14.8. The van der Waals surface area contributed by atoms with Gasteiger partial charge in [0.15, 0.2) is 0 Å². The summed E-state index contributed by atoms with van der Waals surface area (Å²) in [5.74, 6) is -1.51. The van der Waals surface area contributed by atoms with Gasteiger partial charge in [0.1, 0.15) is 0 Å². The summed E-state index contributed by atoms with van der Waals surface area (Å²) in [6.07, 6.45) is 0.824. The van der Waals surface area contributed by atoms with Crippen molar-refractivity contribution in [1.82, 2.24) is 4.31 Å². The Hall–Kier alpha value is -1.38. The number of rotatable bonds is 6. The monoisotopic (exact) mass is 303 g/mol. The molecule has 20 heavy (non-hydrogen) atoms. The van der Waals surface area contributed by atoms with Crippen LogP contribution in [-0.2, 0) is 14.8 Å². The number of carboxylic acid groups (broad SMARTS) is 1. The van der Waals surface area contributed by atoms with Crippen LogP contribution in [0.3, 0.4) is 0 Å². The number of carbonyl (C=O) groups is 1. The summed E-state index contributed by atoms with van der Waals surface area (Å²) in [7, 11) is -3.80. The van der Waals surface area contributed by atoms with Gasteiger partial charge in [0.25, 0.3) is 10.0 Å². The minimum absolute atomic E-state index is 0.165. The molecular formula is C12H17NO6S. The molecule has 0 bridgehead atoms. The van der Waals surface area contributed by atoms with Crippen molar-refractivity contribution < 1.29 is 27.5 Å². The van der Waals surface area contributed by atoms with Gasteiger partial charge < -0.3 is 14.3 Å². The third-order valence-electron chi connectivity index (χ3n) is 3.22. The Labute approximate surface area is 117 Å². The van der Waals surface area contributed by atoms with Crippen LogP contribution in [0.2, 0.25) is 0 Å². The Balaban J connectivity index is 2.18. The van der Waals surface area contributed by atoms with Crippen LogP contribution < -0.4 is 0 Å². The molecule has 0 amide bonds. The van der Waals surface area contributed by atoms with Crippen molar-refractivity contribution in [2.24, 2.45) is 5.92 Å². The molecule has 7 nitrogen and oxygen atoms in total. The number of hydrogen-bond acceptors (Lipinski definition) is 5. The second-order valence-corrected chi connectivity index (χ2v) is 6.48. The fourth-order valence-corrected chi connectivity index (χ4v) is 3.55. The summed E-state index contributed by atoms with van der Waals surface area (Å²) >= 11 is 0. The first-order valence-electron chi connectivity index (χ1n) is 6.36. The quantitative estimate of drug-likeness (QED) is 0.843. The molecule has 2 heterocycles. The SMILES string of the molecule is CCN(CC1CCOC1)S(=O)(=O)c1ccc(C(=O)O)o1. The van der Waals surface area contributed by atoms with Gasteiger partial charge in [-0.1, -0.05) is 6.92 Å². The fraction of sp³-hybridized carbons (Fsp3) is 0.583. The van der Waals surface area contributed by atoms with Crippen molar-refractivity contribution in [3.63, 3.8) is 0 Å². The first-order chi connectivity index (χ1) is 9.45. The lowest BCUT2D eigenvalue weighted by atomic mass is 10.1. The average Bonchev–Trinajstić information content (AvgIpc) is 3.06. The first-order valence-corrected chi connectivity index (χ1v) is 7.80. The van der Waals surface area contributed by atoms with E-state index in [4.69, 9.17) is 14.3 Å². The molecule has 1 aliphatic rings. The predicted molar refractivity (Wildman–Crippen MR) is 69.0 cm³/mol. The van der Waals surface area contributed by atoms with Gasteiger partial charge in [-0.25, -0.2) is 13.2 Å². The molecule has 1 saturated heterocycles. The lowest BCUT2D eigenvalue weighted by molar-refractivity contribution is 0.0656. The summed E-state index contributed by atoms with van der Waals surface area (Å²) in [4.78, 5) is 10.7. The smallest absolute Gasteiger partial charge is 0.371 e. The zero-order valence-corrected chi connectivity index (χ0v) is 11.9. The summed E-state index contributed by atoms with van der Waals surface area (Å²) in [5, 5.41) is 8.43. The van der Waals surface area contributed by atoms with E-state index >= 15 is 0 Å². The van der Waals surface area contributed by atoms with Gasteiger partial charge in [-0.3, -0.25) is 0 Å². The first kappa shape index (κ1) is 15.0. The highest BCUT2D eigenvalue weighted by molar-refractivity contribution is 7.89. The fourth-order valence-electron chi connectivity index (χ4n) is 2.11. The minimum atomic E-state index is -3.80. The van der Waals surface area contributed by atoms with Crippen molar-refractivity contribution in [2.45, 2.75) is 18.4 Å². The number of furan rings is 1.